The fourth-order valence-electron chi connectivity index (χ4n) is 0.990. The van der Waals surface area contributed by atoms with Gasteiger partial charge in [-0.3, -0.25) is 0 Å². The minimum absolute atomic E-state index is 0.554. The standard InChI is InChI=1S/C10H10BrClO/c1-6(2)10(13)8-5-7(11)3-4-9(8)12/h3-5,10,13H,1H2,2H3. The summed E-state index contributed by atoms with van der Waals surface area (Å²) >= 11 is 9.23. The fraction of sp³-hybridized carbons (Fsp3) is 0.200. The van der Waals surface area contributed by atoms with E-state index in [4.69, 9.17) is 11.6 Å². The van der Waals surface area contributed by atoms with Crippen molar-refractivity contribution in [2.45, 2.75) is 13.0 Å². The third-order valence-electron chi connectivity index (χ3n) is 1.72. The highest BCUT2D eigenvalue weighted by Gasteiger charge is 2.11. The highest BCUT2D eigenvalue weighted by atomic mass is 79.9. The number of benzene rings is 1. The molecule has 1 unspecified atom stereocenters. The van der Waals surface area contributed by atoms with Crippen molar-refractivity contribution in [3.63, 3.8) is 0 Å². The van der Waals surface area contributed by atoms with E-state index in [1.54, 1.807) is 19.1 Å². The molecule has 0 fully saturated rings. The first kappa shape index (κ1) is 10.8. The third kappa shape index (κ3) is 2.56. The number of halogens is 2. The Kier molecular flexibility index (Phi) is 3.54. The molecule has 1 atom stereocenters. The van der Waals surface area contributed by atoms with Gasteiger partial charge in [0.2, 0.25) is 0 Å². The monoisotopic (exact) mass is 260 g/mol. The molecule has 0 saturated carbocycles. The van der Waals surface area contributed by atoms with Crippen molar-refractivity contribution in [2.75, 3.05) is 0 Å². The van der Waals surface area contributed by atoms with Gasteiger partial charge in [0.1, 0.15) is 6.10 Å². The summed E-state index contributed by atoms with van der Waals surface area (Å²) in [7, 11) is 0. The van der Waals surface area contributed by atoms with E-state index in [1.807, 2.05) is 6.07 Å². The zero-order valence-electron chi connectivity index (χ0n) is 7.22. The lowest BCUT2D eigenvalue weighted by Crippen LogP contribution is -1.98. The first-order valence-electron chi connectivity index (χ1n) is 3.81. The molecule has 1 aromatic rings. The Balaban J connectivity index is 3.12. The van der Waals surface area contributed by atoms with E-state index in [2.05, 4.69) is 22.5 Å². The van der Waals surface area contributed by atoms with Crippen molar-refractivity contribution in [2.24, 2.45) is 0 Å². The normalized spacial score (nSPS) is 12.6. The van der Waals surface area contributed by atoms with Crippen LogP contribution in [0.4, 0.5) is 0 Å². The highest BCUT2D eigenvalue weighted by Crippen LogP contribution is 2.29. The largest absolute Gasteiger partial charge is 0.384 e. The summed E-state index contributed by atoms with van der Waals surface area (Å²) in [5.74, 6) is 0. The number of aliphatic hydroxyl groups excluding tert-OH is 1. The zero-order chi connectivity index (χ0) is 10.0. The predicted octanol–water partition coefficient (Wildman–Crippen LogP) is 3.71. The molecule has 0 aromatic heterocycles. The molecule has 0 amide bonds. The van der Waals surface area contributed by atoms with Crippen LogP contribution in [0.1, 0.15) is 18.6 Å². The summed E-state index contributed by atoms with van der Waals surface area (Å²) < 4.78 is 0.896. The number of hydrogen-bond donors (Lipinski definition) is 1. The van der Waals surface area contributed by atoms with E-state index in [9.17, 15) is 5.11 Å². The summed E-state index contributed by atoms with van der Waals surface area (Å²) in [6, 6.07) is 5.37. The van der Waals surface area contributed by atoms with Crippen molar-refractivity contribution < 1.29 is 5.11 Å². The summed E-state index contributed by atoms with van der Waals surface area (Å²) in [6.07, 6.45) is -0.690. The van der Waals surface area contributed by atoms with Crippen LogP contribution >= 0.6 is 27.5 Å². The molecule has 1 N–H and O–H groups in total. The van der Waals surface area contributed by atoms with Crippen molar-refractivity contribution in [3.8, 4) is 0 Å². The topological polar surface area (TPSA) is 20.2 Å². The van der Waals surface area contributed by atoms with Gasteiger partial charge in [0.15, 0.2) is 0 Å². The fourth-order valence-corrected chi connectivity index (χ4v) is 1.59. The van der Waals surface area contributed by atoms with Gasteiger partial charge in [-0.2, -0.15) is 0 Å². The summed E-state index contributed by atoms with van der Waals surface area (Å²) in [5, 5.41) is 10.3. The Labute approximate surface area is 91.2 Å². The van der Waals surface area contributed by atoms with Gasteiger partial charge >= 0.3 is 0 Å². The molecule has 0 aliphatic carbocycles. The van der Waals surface area contributed by atoms with Crippen molar-refractivity contribution in [1.82, 2.24) is 0 Å². The van der Waals surface area contributed by atoms with E-state index in [0.29, 0.717) is 16.2 Å². The van der Waals surface area contributed by atoms with Crippen LogP contribution in [-0.4, -0.2) is 5.11 Å². The maximum Gasteiger partial charge on any atom is 0.101 e. The molecule has 0 bridgehead atoms. The molecule has 0 radical (unpaired) electrons. The van der Waals surface area contributed by atoms with Gasteiger partial charge in [0, 0.05) is 15.1 Å². The van der Waals surface area contributed by atoms with Gasteiger partial charge in [-0.25, -0.2) is 0 Å². The van der Waals surface area contributed by atoms with E-state index in [-0.39, 0.29) is 0 Å². The lowest BCUT2D eigenvalue weighted by Gasteiger charge is -2.12. The predicted molar refractivity (Wildman–Crippen MR) is 58.9 cm³/mol. The van der Waals surface area contributed by atoms with Crippen molar-refractivity contribution >= 4 is 27.5 Å². The number of rotatable bonds is 2. The average molecular weight is 262 g/mol. The molecule has 3 heteroatoms. The molecule has 1 nitrogen and oxygen atoms in total. The Morgan fingerprint density at radius 1 is 1.62 bits per heavy atom. The van der Waals surface area contributed by atoms with Crippen molar-refractivity contribution in [1.29, 1.82) is 0 Å². The molecule has 0 aliphatic rings. The highest BCUT2D eigenvalue weighted by molar-refractivity contribution is 9.10. The van der Waals surface area contributed by atoms with Crippen LogP contribution in [0.15, 0.2) is 34.8 Å². The SMILES string of the molecule is C=C(C)C(O)c1cc(Br)ccc1Cl. The van der Waals surface area contributed by atoms with E-state index in [0.717, 1.165) is 4.47 Å². The molecule has 0 spiro atoms. The second-order valence-corrected chi connectivity index (χ2v) is 4.24. The molecular weight excluding hydrogens is 251 g/mol. The van der Waals surface area contributed by atoms with Gasteiger partial charge in [0.05, 0.1) is 0 Å². The van der Waals surface area contributed by atoms with Crippen LogP contribution in [0.5, 0.6) is 0 Å². The summed E-state index contributed by atoms with van der Waals surface area (Å²) in [4.78, 5) is 0. The Bertz CT molecular complexity index is 336. The molecule has 70 valence electrons. The smallest absolute Gasteiger partial charge is 0.101 e. The summed E-state index contributed by atoms with van der Waals surface area (Å²) in [5.41, 5.74) is 1.36. The van der Waals surface area contributed by atoms with Crippen molar-refractivity contribution in [3.05, 3.63) is 45.4 Å². The van der Waals surface area contributed by atoms with E-state index < -0.39 is 6.10 Å². The maximum atomic E-state index is 9.70. The summed E-state index contributed by atoms with van der Waals surface area (Å²) in [6.45, 7) is 5.44. The Morgan fingerprint density at radius 3 is 2.77 bits per heavy atom. The van der Waals surface area contributed by atoms with Gasteiger partial charge < -0.3 is 5.11 Å². The zero-order valence-corrected chi connectivity index (χ0v) is 9.56. The lowest BCUT2D eigenvalue weighted by molar-refractivity contribution is 0.216. The van der Waals surface area contributed by atoms with Crippen LogP contribution in [0.3, 0.4) is 0 Å². The molecule has 1 aromatic carbocycles. The molecule has 0 aliphatic heterocycles. The Morgan fingerprint density at radius 2 is 2.23 bits per heavy atom. The van der Waals surface area contributed by atoms with Gasteiger partial charge in [-0.1, -0.05) is 34.1 Å². The second kappa shape index (κ2) is 4.27. The molecule has 1 rings (SSSR count). The first-order chi connectivity index (χ1) is 6.02. The van der Waals surface area contributed by atoms with E-state index >= 15 is 0 Å². The van der Waals surface area contributed by atoms with Gasteiger partial charge in [-0.05, 0) is 30.7 Å². The molecule has 0 saturated heterocycles. The minimum atomic E-state index is -0.690. The molecule has 0 heterocycles. The number of hydrogen-bond acceptors (Lipinski definition) is 1. The molecule has 13 heavy (non-hydrogen) atoms. The average Bonchev–Trinajstić information content (AvgIpc) is 2.08. The van der Waals surface area contributed by atoms with Crippen LogP contribution in [-0.2, 0) is 0 Å². The number of aliphatic hydroxyl groups is 1. The lowest BCUT2D eigenvalue weighted by atomic mass is 10.0. The van der Waals surface area contributed by atoms with Gasteiger partial charge in [0.25, 0.3) is 0 Å². The molecular formula is C10H10BrClO. The van der Waals surface area contributed by atoms with Gasteiger partial charge in [-0.15, -0.1) is 0 Å². The minimum Gasteiger partial charge on any atom is -0.384 e. The second-order valence-electron chi connectivity index (χ2n) is 2.91. The van der Waals surface area contributed by atoms with E-state index in [1.165, 1.54) is 0 Å². The Hall–Kier alpha value is -0.310. The van der Waals surface area contributed by atoms with Crippen LogP contribution in [0, 0.1) is 0 Å². The van der Waals surface area contributed by atoms with Crippen LogP contribution in [0.25, 0.3) is 0 Å². The third-order valence-corrected chi connectivity index (χ3v) is 2.56. The maximum absolute atomic E-state index is 9.70. The first-order valence-corrected chi connectivity index (χ1v) is 4.98. The van der Waals surface area contributed by atoms with Crippen LogP contribution < -0.4 is 0 Å². The van der Waals surface area contributed by atoms with Crippen LogP contribution in [0.2, 0.25) is 5.02 Å². The quantitative estimate of drug-likeness (QED) is 0.805.